The number of esters is 1. The maximum atomic E-state index is 11.8. The molecule has 5 nitrogen and oxygen atoms in total. The molecule has 0 amide bonds. The Morgan fingerprint density at radius 1 is 1.14 bits per heavy atom. The van der Waals surface area contributed by atoms with Crippen molar-refractivity contribution in [3.05, 3.63) is 54.2 Å². The Balaban J connectivity index is 2.00. The fourth-order valence-corrected chi connectivity index (χ4v) is 2.23. The second-order valence-electron chi connectivity index (χ2n) is 4.76. The third-order valence-corrected chi connectivity index (χ3v) is 3.26. The van der Waals surface area contributed by atoms with Gasteiger partial charge in [0.15, 0.2) is 0 Å². The maximum absolute atomic E-state index is 11.8. The molecule has 0 bridgehead atoms. The van der Waals surface area contributed by atoms with E-state index < -0.39 is 0 Å². The molecule has 0 spiro atoms. The quantitative estimate of drug-likeness (QED) is 0.568. The maximum Gasteiger partial charge on any atom is 0.354 e. The number of benzene rings is 2. The summed E-state index contributed by atoms with van der Waals surface area (Å²) in [6, 6.07) is 14.6. The molecule has 0 aliphatic carbocycles. The minimum Gasteiger partial charge on any atom is -0.461 e. The molecule has 1 aromatic heterocycles. The van der Waals surface area contributed by atoms with Crippen LogP contribution in [0.5, 0.6) is 11.5 Å². The van der Waals surface area contributed by atoms with Crippen molar-refractivity contribution in [1.82, 2.24) is 4.98 Å². The molecule has 3 N–H and O–H groups in total. The Morgan fingerprint density at radius 3 is 2.68 bits per heavy atom. The van der Waals surface area contributed by atoms with Gasteiger partial charge in [-0.25, -0.2) is 4.79 Å². The number of nitrogen functional groups attached to an aromatic ring is 1. The van der Waals surface area contributed by atoms with Gasteiger partial charge in [-0.05, 0) is 37.3 Å². The van der Waals surface area contributed by atoms with E-state index in [1.165, 1.54) is 0 Å². The second-order valence-corrected chi connectivity index (χ2v) is 4.76. The lowest BCUT2D eigenvalue weighted by Crippen LogP contribution is -2.04. The molecule has 0 fully saturated rings. The molecule has 0 aliphatic rings. The number of carbonyl (C=O) groups excluding carboxylic acids is 1. The number of hydrogen-bond acceptors (Lipinski definition) is 4. The fraction of sp³-hybridized carbons (Fsp3) is 0.118. The number of aromatic amines is 1. The number of aromatic nitrogens is 1. The van der Waals surface area contributed by atoms with E-state index in [-0.39, 0.29) is 5.97 Å². The summed E-state index contributed by atoms with van der Waals surface area (Å²) in [5.41, 5.74) is 7.65. The monoisotopic (exact) mass is 296 g/mol. The summed E-state index contributed by atoms with van der Waals surface area (Å²) in [6.07, 6.45) is 0. The fourth-order valence-electron chi connectivity index (χ4n) is 2.23. The molecule has 0 aliphatic heterocycles. The first-order valence-corrected chi connectivity index (χ1v) is 7.00. The van der Waals surface area contributed by atoms with Gasteiger partial charge in [0, 0.05) is 10.9 Å². The number of para-hydroxylation sites is 2. The molecule has 0 unspecified atom stereocenters. The summed E-state index contributed by atoms with van der Waals surface area (Å²) in [6.45, 7) is 2.10. The largest absolute Gasteiger partial charge is 0.461 e. The predicted molar refractivity (Wildman–Crippen MR) is 85.2 cm³/mol. The number of nitrogens with two attached hydrogens (primary N) is 1. The molecule has 0 saturated carbocycles. The average molecular weight is 296 g/mol. The van der Waals surface area contributed by atoms with Crippen LogP contribution >= 0.6 is 0 Å². The lowest BCUT2D eigenvalue weighted by Gasteiger charge is -2.08. The van der Waals surface area contributed by atoms with Crippen molar-refractivity contribution >= 4 is 22.6 Å². The van der Waals surface area contributed by atoms with Gasteiger partial charge in [0.1, 0.15) is 17.2 Å². The highest BCUT2D eigenvalue weighted by atomic mass is 16.5. The van der Waals surface area contributed by atoms with E-state index in [0.717, 1.165) is 10.9 Å². The Kier molecular flexibility index (Phi) is 3.70. The first-order chi connectivity index (χ1) is 10.7. The number of nitrogens with one attached hydrogen (secondary N) is 1. The van der Waals surface area contributed by atoms with Crippen molar-refractivity contribution < 1.29 is 14.3 Å². The molecular weight excluding hydrogens is 280 g/mol. The van der Waals surface area contributed by atoms with Gasteiger partial charge in [-0.15, -0.1) is 0 Å². The van der Waals surface area contributed by atoms with Gasteiger partial charge in [0.05, 0.1) is 12.3 Å². The lowest BCUT2D eigenvalue weighted by atomic mass is 10.2. The zero-order valence-corrected chi connectivity index (χ0v) is 12.1. The number of rotatable bonds is 4. The van der Waals surface area contributed by atoms with Crippen LogP contribution in [0.1, 0.15) is 17.4 Å². The van der Waals surface area contributed by atoms with Gasteiger partial charge < -0.3 is 20.2 Å². The summed E-state index contributed by atoms with van der Waals surface area (Å²) in [5, 5.41) is 0.800. The van der Waals surface area contributed by atoms with Crippen LogP contribution in [-0.2, 0) is 4.74 Å². The van der Waals surface area contributed by atoms with E-state index in [2.05, 4.69) is 4.98 Å². The van der Waals surface area contributed by atoms with E-state index in [0.29, 0.717) is 29.5 Å². The standard InChI is InChI=1S/C17H16N2O3/c1-2-21-17(20)14-10-11-13(19-14)7-5-9-15(11)22-16-8-4-3-6-12(16)18/h3-10,19H,2,18H2,1H3. The lowest BCUT2D eigenvalue weighted by molar-refractivity contribution is 0.0520. The molecule has 22 heavy (non-hydrogen) atoms. The van der Waals surface area contributed by atoms with Crippen LogP contribution in [0.2, 0.25) is 0 Å². The van der Waals surface area contributed by atoms with E-state index in [1.54, 1.807) is 25.1 Å². The molecule has 0 radical (unpaired) electrons. The minimum absolute atomic E-state index is 0.331. The molecular formula is C17H16N2O3. The summed E-state index contributed by atoms with van der Waals surface area (Å²) < 4.78 is 10.9. The van der Waals surface area contributed by atoms with Crippen molar-refractivity contribution in [2.45, 2.75) is 6.92 Å². The van der Waals surface area contributed by atoms with Gasteiger partial charge in [0.25, 0.3) is 0 Å². The van der Waals surface area contributed by atoms with Crippen molar-refractivity contribution in [2.24, 2.45) is 0 Å². The zero-order chi connectivity index (χ0) is 15.5. The smallest absolute Gasteiger partial charge is 0.354 e. The topological polar surface area (TPSA) is 77.3 Å². The number of ether oxygens (including phenoxy) is 2. The summed E-state index contributed by atoms with van der Waals surface area (Å²) >= 11 is 0. The Morgan fingerprint density at radius 2 is 1.91 bits per heavy atom. The van der Waals surface area contributed by atoms with Crippen LogP contribution in [0.15, 0.2) is 48.5 Å². The molecule has 1 heterocycles. The van der Waals surface area contributed by atoms with E-state index >= 15 is 0 Å². The van der Waals surface area contributed by atoms with E-state index in [4.69, 9.17) is 15.2 Å². The number of hydrogen-bond donors (Lipinski definition) is 2. The third-order valence-electron chi connectivity index (χ3n) is 3.26. The van der Waals surface area contributed by atoms with Crippen LogP contribution in [-0.4, -0.2) is 17.6 Å². The van der Waals surface area contributed by atoms with Crippen LogP contribution in [0.25, 0.3) is 10.9 Å². The molecule has 3 aromatic rings. The summed E-state index contributed by atoms with van der Waals surface area (Å²) in [5.74, 6) is 0.819. The van der Waals surface area contributed by atoms with Crippen LogP contribution < -0.4 is 10.5 Å². The first kappa shape index (κ1) is 14.0. The predicted octanol–water partition coefficient (Wildman–Crippen LogP) is 3.72. The molecule has 0 atom stereocenters. The highest BCUT2D eigenvalue weighted by molar-refractivity contribution is 5.97. The van der Waals surface area contributed by atoms with Crippen LogP contribution in [0.3, 0.4) is 0 Å². The average Bonchev–Trinajstić information content (AvgIpc) is 2.95. The number of anilines is 1. The molecule has 112 valence electrons. The Labute approximate surface area is 127 Å². The van der Waals surface area contributed by atoms with Crippen molar-refractivity contribution in [3.63, 3.8) is 0 Å². The Hall–Kier alpha value is -2.95. The van der Waals surface area contributed by atoms with Crippen molar-refractivity contribution in [3.8, 4) is 11.5 Å². The van der Waals surface area contributed by atoms with E-state index in [9.17, 15) is 4.79 Å². The molecule has 2 aromatic carbocycles. The second kappa shape index (κ2) is 5.81. The molecule has 0 saturated heterocycles. The number of fused-ring (bicyclic) bond motifs is 1. The zero-order valence-electron chi connectivity index (χ0n) is 12.1. The number of carbonyl (C=O) groups is 1. The van der Waals surface area contributed by atoms with Gasteiger partial charge in [-0.2, -0.15) is 0 Å². The van der Waals surface area contributed by atoms with Crippen molar-refractivity contribution in [2.75, 3.05) is 12.3 Å². The van der Waals surface area contributed by atoms with Gasteiger partial charge in [-0.3, -0.25) is 0 Å². The summed E-state index contributed by atoms with van der Waals surface area (Å²) in [4.78, 5) is 14.9. The van der Waals surface area contributed by atoms with E-state index in [1.807, 2.05) is 30.3 Å². The SMILES string of the molecule is CCOC(=O)c1cc2c(Oc3ccccc3N)cccc2[nH]1. The molecule has 3 rings (SSSR count). The van der Waals surface area contributed by atoms with Gasteiger partial charge >= 0.3 is 5.97 Å². The summed E-state index contributed by atoms with van der Waals surface area (Å²) in [7, 11) is 0. The highest BCUT2D eigenvalue weighted by Crippen LogP contribution is 2.33. The third kappa shape index (κ3) is 2.61. The van der Waals surface area contributed by atoms with Crippen LogP contribution in [0, 0.1) is 0 Å². The number of H-pyrrole nitrogens is 1. The first-order valence-electron chi connectivity index (χ1n) is 7.00. The van der Waals surface area contributed by atoms with Crippen molar-refractivity contribution in [1.29, 1.82) is 0 Å². The Bertz CT molecular complexity index is 824. The highest BCUT2D eigenvalue weighted by Gasteiger charge is 2.13. The van der Waals surface area contributed by atoms with Gasteiger partial charge in [-0.1, -0.05) is 18.2 Å². The van der Waals surface area contributed by atoms with Gasteiger partial charge in [0.2, 0.25) is 0 Å². The van der Waals surface area contributed by atoms with Crippen LogP contribution in [0.4, 0.5) is 5.69 Å². The normalized spacial score (nSPS) is 10.6. The molecule has 5 heteroatoms. The minimum atomic E-state index is -0.385.